The van der Waals surface area contributed by atoms with Crippen molar-refractivity contribution in [1.82, 2.24) is 9.80 Å². The van der Waals surface area contributed by atoms with Gasteiger partial charge in [0.2, 0.25) is 5.91 Å². The molecule has 0 radical (unpaired) electrons. The molecule has 136 valence electrons. The fourth-order valence-corrected chi connectivity index (χ4v) is 4.68. The van der Waals surface area contributed by atoms with Crippen LogP contribution in [0.5, 0.6) is 0 Å². The molecule has 3 aliphatic heterocycles. The molecule has 3 heterocycles. The molecule has 3 saturated heterocycles. The number of carbonyl (C=O) groups is 1. The number of anilines is 1. The number of morpholine rings is 1. The van der Waals surface area contributed by atoms with Crippen molar-refractivity contribution in [3.8, 4) is 0 Å². The van der Waals surface area contributed by atoms with E-state index in [9.17, 15) is 4.79 Å². The molecule has 0 spiro atoms. The van der Waals surface area contributed by atoms with Crippen LogP contribution in [0.1, 0.15) is 26.2 Å². The standard InChI is InChI=1S/C20H29N3O2/c1-16-15-25-14-13-22(16)18-7-10-21(11-8-18)19-9-12-23(20(19)24)17-5-3-2-4-6-17/h2-6,16,18-19H,7-15H2,1H3. The summed E-state index contributed by atoms with van der Waals surface area (Å²) in [5, 5.41) is 0. The molecule has 3 aliphatic rings. The average molecular weight is 343 g/mol. The summed E-state index contributed by atoms with van der Waals surface area (Å²) in [5.41, 5.74) is 1.03. The number of amides is 1. The van der Waals surface area contributed by atoms with Crippen LogP contribution in [0, 0.1) is 0 Å². The Morgan fingerprint density at radius 1 is 1.00 bits per heavy atom. The molecular weight excluding hydrogens is 314 g/mol. The highest BCUT2D eigenvalue weighted by atomic mass is 16.5. The summed E-state index contributed by atoms with van der Waals surface area (Å²) in [6.45, 7) is 7.94. The SMILES string of the molecule is CC1COCCN1C1CCN(C2CCN(c3ccccc3)C2=O)CC1. The molecule has 2 unspecified atom stereocenters. The fraction of sp³-hybridized carbons (Fsp3) is 0.650. The van der Waals surface area contributed by atoms with Gasteiger partial charge < -0.3 is 9.64 Å². The van der Waals surface area contributed by atoms with Crippen LogP contribution >= 0.6 is 0 Å². The van der Waals surface area contributed by atoms with Crippen molar-refractivity contribution in [2.24, 2.45) is 0 Å². The molecule has 0 saturated carbocycles. The average Bonchev–Trinajstić information content (AvgIpc) is 3.04. The van der Waals surface area contributed by atoms with Crippen molar-refractivity contribution in [1.29, 1.82) is 0 Å². The number of benzene rings is 1. The van der Waals surface area contributed by atoms with E-state index in [1.54, 1.807) is 0 Å². The number of nitrogens with zero attached hydrogens (tertiary/aromatic N) is 3. The normalized spacial score (nSPS) is 30.1. The van der Waals surface area contributed by atoms with Gasteiger partial charge >= 0.3 is 0 Å². The lowest BCUT2D eigenvalue weighted by Crippen LogP contribution is -2.55. The first kappa shape index (κ1) is 17.0. The van der Waals surface area contributed by atoms with Crippen LogP contribution in [-0.4, -0.2) is 73.2 Å². The van der Waals surface area contributed by atoms with E-state index < -0.39 is 0 Å². The second-order valence-corrected chi connectivity index (χ2v) is 7.56. The van der Waals surface area contributed by atoms with E-state index in [4.69, 9.17) is 4.74 Å². The third-order valence-electron chi connectivity index (χ3n) is 6.07. The fourth-order valence-electron chi connectivity index (χ4n) is 4.68. The van der Waals surface area contributed by atoms with Crippen molar-refractivity contribution in [2.45, 2.75) is 44.3 Å². The highest BCUT2D eigenvalue weighted by Gasteiger charge is 2.39. The Balaban J connectivity index is 1.34. The minimum atomic E-state index is 0.0725. The van der Waals surface area contributed by atoms with Gasteiger partial charge in [-0.15, -0.1) is 0 Å². The van der Waals surface area contributed by atoms with E-state index in [0.29, 0.717) is 12.1 Å². The number of ether oxygens (including phenoxy) is 1. The minimum absolute atomic E-state index is 0.0725. The third kappa shape index (κ3) is 3.46. The molecule has 4 rings (SSSR count). The van der Waals surface area contributed by atoms with Crippen LogP contribution < -0.4 is 4.90 Å². The molecule has 1 amide bonds. The Labute approximate surface area is 150 Å². The molecule has 0 bridgehead atoms. The molecular formula is C20H29N3O2. The summed E-state index contributed by atoms with van der Waals surface area (Å²) in [6, 6.07) is 11.3. The molecule has 1 aromatic carbocycles. The van der Waals surface area contributed by atoms with Crippen molar-refractivity contribution in [2.75, 3.05) is 44.3 Å². The first-order valence-electron chi connectivity index (χ1n) is 9.68. The number of hydrogen-bond donors (Lipinski definition) is 0. The van der Waals surface area contributed by atoms with Gasteiger partial charge in [-0.25, -0.2) is 0 Å². The molecule has 0 aromatic heterocycles. The number of rotatable bonds is 3. The molecule has 1 aromatic rings. The highest BCUT2D eigenvalue weighted by molar-refractivity contribution is 5.99. The smallest absolute Gasteiger partial charge is 0.244 e. The lowest BCUT2D eigenvalue weighted by molar-refractivity contribution is -0.122. The van der Waals surface area contributed by atoms with Crippen LogP contribution in [-0.2, 0) is 9.53 Å². The zero-order valence-electron chi connectivity index (χ0n) is 15.1. The third-order valence-corrected chi connectivity index (χ3v) is 6.07. The lowest BCUT2D eigenvalue weighted by Gasteiger charge is -2.44. The maximum absolute atomic E-state index is 12.9. The van der Waals surface area contributed by atoms with Gasteiger partial charge in [-0.2, -0.15) is 0 Å². The van der Waals surface area contributed by atoms with Crippen molar-refractivity contribution in [3.05, 3.63) is 30.3 Å². The van der Waals surface area contributed by atoms with Gasteiger partial charge in [-0.05, 0) is 38.3 Å². The van der Waals surface area contributed by atoms with Gasteiger partial charge in [0.25, 0.3) is 0 Å². The van der Waals surface area contributed by atoms with E-state index in [0.717, 1.165) is 51.5 Å². The van der Waals surface area contributed by atoms with E-state index in [-0.39, 0.29) is 11.9 Å². The predicted octanol–water partition coefficient (Wildman–Crippen LogP) is 1.98. The molecule has 25 heavy (non-hydrogen) atoms. The van der Waals surface area contributed by atoms with Crippen molar-refractivity contribution < 1.29 is 9.53 Å². The van der Waals surface area contributed by atoms with E-state index in [1.807, 2.05) is 35.2 Å². The summed E-state index contributed by atoms with van der Waals surface area (Å²) in [5.74, 6) is 0.282. The van der Waals surface area contributed by atoms with Gasteiger partial charge in [0.15, 0.2) is 0 Å². The molecule has 3 fully saturated rings. The maximum atomic E-state index is 12.9. The molecule has 2 atom stereocenters. The second kappa shape index (κ2) is 7.44. The van der Waals surface area contributed by atoms with Crippen LogP contribution in [0.25, 0.3) is 0 Å². The monoisotopic (exact) mass is 343 g/mol. The molecule has 5 heteroatoms. The van der Waals surface area contributed by atoms with Gasteiger partial charge in [0.05, 0.1) is 19.3 Å². The van der Waals surface area contributed by atoms with Crippen LogP contribution in [0.15, 0.2) is 30.3 Å². The van der Waals surface area contributed by atoms with Crippen LogP contribution in [0.4, 0.5) is 5.69 Å². The molecule has 0 N–H and O–H groups in total. The Hall–Kier alpha value is -1.43. The van der Waals surface area contributed by atoms with Gasteiger partial charge in [0, 0.05) is 44.0 Å². The van der Waals surface area contributed by atoms with E-state index in [1.165, 1.54) is 12.8 Å². The van der Waals surface area contributed by atoms with E-state index in [2.05, 4.69) is 16.7 Å². The number of piperidine rings is 1. The number of para-hydroxylation sites is 1. The summed E-state index contributed by atoms with van der Waals surface area (Å²) in [6.07, 6.45) is 3.28. The lowest BCUT2D eigenvalue weighted by atomic mass is 9.99. The van der Waals surface area contributed by atoms with Crippen LogP contribution in [0.2, 0.25) is 0 Å². The first-order valence-corrected chi connectivity index (χ1v) is 9.68. The summed E-state index contributed by atoms with van der Waals surface area (Å²) in [4.78, 5) is 19.9. The molecule has 0 aliphatic carbocycles. The van der Waals surface area contributed by atoms with E-state index >= 15 is 0 Å². The van der Waals surface area contributed by atoms with Crippen molar-refractivity contribution in [3.63, 3.8) is 0 Å². The quantitative estimate of drug-likeness (QED) is 0.841. The van der Waals surface area contributed by atoms with Gasteiger partial charge in [-0.1, -0.05) is 18.2 Å². The van der Waals surface area contributed by atoms with Crippen molar-refractivity contribution >= 4 is 11.6 Å². The first-order chi connectivity index (χ1) is 12.2. The Morgan fingerprint density at radius 3 is 2.48 bits per heavy atom. The van der Waals surface area contributed by atoms with Gasteiger partial charge in [-0.3, -0.25) is 14.6 Å². The Kier molecular flexibility index (Phi) is 5.06. The summed E-state index contributed by atoms with van der Waals surface area (Å²) >= 11 is 0. The van der Waals surface area contributed by atoms with Crippen LogP contribution in [0.3, 0.4) is 0 Å². The summed E-state index contributed by atoms with van der Waals surface area (Å²) in [7, 11) is 0. The van der Waals surface area contributed by atoms with Gasteiger partial charge in [0.1, 0.15) is 0 Å². The molecule has 5 nitrogen and oxygen atoms in total. The topological polar surface area (TPSA) is 36.0 Å². The minimum Gasteiger partial charge on any atom is -0.379 e. The zero-order valence-corrected chi connectivity index (χ0v) is 15.1. The summed E-state index contributed by atoms with van der Waals surface area (Å²) < 4.78 is 5.57. The predicted molar refractivity (Wildman–Crippen MR) is 98.8 cm³/mol. The number of carbonyl (C=O) groups excluding carboxylic acids is 1. The number of hydrogen-bond acceptors (Lipinski definition) is 4. The Morgan fingerprint density at radius 2 is 1.76 bits per heavy atom. The highest BCUT2D eigenvalue weighted by Crippen LogP contribution is 2.28. The Bertz CT molecular complexity index is 586. The zero-order chi connectivity index (χ0) is 17.2. The maximum Gasteiger partial charge on any atom is 0.244 e. The second-order valence-electron chi connectivity index (χ2n) is 7.56. The number of likely N-dealkylation sites (tertiary alicyclic amines) is 1. The largest absolute Gasteiger partial charge is 0.379 e.